The van der Waals surface area contributed by atoms with Crippen molar-refractivity contribution in [3.05, 3.63) is 35.4 Å². The Kier molecular flexibility index (Phi) is 1.44. The third kappa shape index (κ3) is 0.879. The van der Waals surface area contributed by atoms with Gasteiger partial charge in [-0.1, -0.05) is 31.2 Å². The Bertz CT molecular complexity index is 336. The fraction of sp³-hybridized carbons (Fsp3) is 0.538. The molecule has 2 bridgehead atoms. The van der Waals surface area contributed by atoms with Crippen LogP contribution >= 0.6 is 0 Å². The summed E-state index contributed by atoms with van der Waals surface area (Å²) in [4.78, 5) is 0. The van der Waals surface area contributed by atoms with Crippen LogP contribution in [0.5, 0.6) is 0 Å². The smallest absolute Gasteiger partial charge is 0.136 e. The molecule has 1 aromatic rings. The van der Waals surface area contributed by atoms with Crippen LogP contribution < -0.4 is 0 Å². The molecular formula is C13H15F. The van der Waals surface area contributed by atoms with Gasteiger partial charge in [0.2, 0.25) is 0 Å². The molecule has 0 aliphatic heterocycles. The molecule has 0 radical (unpaired) electrons. The van der Waals surface area contributed by atoms with Crippen LogP contribution in [0.3, 0.4) is 0 Å². The van der Waals surface area contributed by atoms with Gasteiger partial charge in [0, 0.05) is 0 Å². The maximum atomic E-state index is 14.5. The van der Waals surface area contributed by atoms with Gasteiger partial charge in [-0.05, 0) is 42.2 Å². The molecule has 14 heavy (non-hydrogen) atoms. The fourth-order valence-corrected chi connectivity index (χ4v) is 3.14. The molecule has 3 aliphatic rings. The summed E-state index contributed by atoms with van der Waals surface area (Å²) in [6.07, 6.45) is 3.47. The van der Waals surface area contributed by atoms with Crippen LogP contribution in [0.15, 0.2) is 24.3 Å². The summed E-state index contributed by atoms with van der Waals surface area (Å²) in [5.74, 6) is 0. The largest absolute Gasteiger partial charge is 0.239 e. The number of hydrogen-bond acceptors (Lipinski definition) is 0. The number of fused-ring (bicyclic) bond motifs is 2. The lowest BCUT2D eigenvalue weighted by molar-refractivity contribution is 0.0479. The van der Waals surface area contributed by atoms with Crippen molar-refractivity contribution in [2.45, 2.75) is 43.7 Å². The Morgan fingerprint density at radius 3 is 2.14 bits per heavy atom. The lowest BCUT2D eigenvalue weighted by atomic mass is 9.57. The van der Waals surface area contributed by atoms with E-state index in [0.29, 0.717) is 0 Å². The van der Waals surface area contributed by atoms with E-state index in [2.05, 4.69) is 13.0 Å². The van der Waals surface area contributed by atoms with Gasteiger partial charge in [0.1, 0.15) is 5.67 Å². The first-order valence-electron chi connectivity index (χ1n) is 5.43. The average Bonchev–Trinajstić information content (AvgIpc) is 2.22. The molecule has 0 nitrogen and oxygen atoms in total. The molecule has 1 aromatic carbocycles. The second kappa shape index (κ2) is 2.39. The molecule has 0 unspecified atom stereocenters. The van der Waals surface area contributed by atoms with Gasteiger partial charge in [-0.2, -0.15) is 0 Å². The molecule has 1 heteroatoms. The Labute approximate surface area is 84.1 Å². The quantitative estimate of drug-likeness (QED) is 0.585. The molecule has 1 saturated carbocycles. The van der Waals surface area contributed by atoms with Crippen LogP contribution in [0.4, 0.5) is 4.39 Å². The average molecular weight is 190 g/mol. The Balaban J connectivity index is 2.28. The molecule has 0 heterocycles. The third-order valence-electron chi connectivity index (χ3n) is 4.21. The van der Waals surface area contributed by atoms with Gasteiger partial charge >= 0.3 is 0 Å². The number of alkyl halides is 1. The minimum atomic E-state index is -1.01. The minimum absolute atomic E-state index is 0.254. The van der Waals surface area contributed by atoms with E-state index in [4.69, 9.17) is 0 Å². The van der Waals surface area contributed by atoms with Gasteiger partial charge in [-0.15, -0.1) is 0 Å². The number of rotatable bonds is 0. The van der Waals surface area contributed by atoms with Crippen molar-refractivity contribution in [1.82, 2.24) is 0 Å². The Hall–Kier alpha value is -0.850. The van der Waals surface area contributed by atoms with Crippen molar-refractivity contribution in [2.24, 2.45) is 0 Å². The van der Waals surface area contributed by atoms with Crippen LogP contribution in [0.1, 0.15) is 43.7 Å². The molecular weight excluding hydrogens is 175 g/mol. The summed E-state index contributed by atoms with van der Waals surface area (Å²) in [6.45, 7) is 2.28. The second-order valence-electron chi connectivity index (χ2n) is 5.07. The molecule has 1 fully saturated rings. The summed E-state index contributed by atoms with van der Waals surface area (Å²) in [7, 11) is 0. The van der Waals surface area contributed by atoms with Crippen LogP contribution in [0.2, 0.25) is 0 Å². The predicted octanol–water partition coefficient (Wildman–Crippen LogP) is 3.70. The highest BCUT2D eigenvalue weighted by Crippen LogP contribution is 2.56. The highest BCUT2D eigenvalue weighted by molar-refractivity contribution is 5.43. The van der Waals surface area contributed by atoms with E-state index in [9.17, 15) is 4.39 Å². The predicted molar refractivity (Wildman–Crippen MR) is 55.0 cm³/mol. The monoisotopic (exact) mass is 190 g/mol. The number of benzene rings is 1. The highest BCUT2D eigenvalue weighted by Gasteiger charge is 2.50. The van der Waals surface area contributed by atoms with Gasteiger partial charge < -0.3 is 0 Å². The van der Waals surface area contributed by atoms with Gasteiger partial charge in [0.05, 0.1) is 0 Å². The molecule has 0 amide bonds. The maximum absolute atomic E-state index is 14.5. The first kappa shape index (κ1) is 8.46. The van der Waals surface area contributed by atoms with E-state index in [1.54, 1.807) is 0 Å². The summed E-state index contributed by atoms with van der Waals surface area (Å²) in [5, 5.41) is 0. The molecule has 3 aliphatic carbocycles. The zero-order chi connectivity index (χ0) is 9.81. The highest BCUT2D eigenvalue weighted by atomic mass is 19.1. The Morgan fingerprint density at radius 1 is 1.00 bits per heavy atom. The zero-order valence-electron chi connectivity index (χ0n) is 8.52. The van der Waals surface area contributed by atoms with Crippen molar-refractivity contribution in [3.63, 3.8) is 0 Å². The SMILES string of the molecule is CC12CCC(F)(CC1)c1ccccc12. The Morgan fingerprint density at radius 2 is 1.57 bits per heavy atom. The topological polar surface area (TPSA) is 0 Å². The van der Waals surface area contributed by atoms with Gasteiger partial charge in [-0.3, -0.25) is 0 Å². The van der Waals surface area contributed by atoms with Crippen molar-refractivity contribution in [3.8, 4) is 0 Å². The number of halogens is 1. The molecule has 74 valence electrons. The molecule has 0 aromatic heterocycles. The van der Waals surface area contributed by atoms with Crippen molar-refractivity contribution < 1.29 is 4.39 Å². The van der Waals surface area contributed by atoms with Crippen LogP contribution in [0.25, 0.3) is 0 Å². The first-order chi connectivity index (χ1) is 6.64. The van der Waals surface area contributed by atoms with Gasteiger partial charge in [-0.25, -0.2) is 4.39 Å². The zero-order valence-corrected chi connectivity index (χ0v) is 8.52. The van der Waals surface area contributed by atoms with Crippen molar-refractivity contribution in [1.29, 1.82) is 0 Å². The molecule has 0 saturated heterocycles. The fourth-order valence-electron chi connectivity index (χ4n) is 3.14. The molecule has 0 N–H and O–H groups in total. The number of hydrogen-bond donors (Lipinski definition) is 0. The third-order valence-corrected chi connectivity index (χ3v) is 4.21. The van der Waals surface area contributed by atoms with Crippen LogP contribution in [-0.4, -0.2) is 0 Å². The normalized spacial score (nSPS) is 39.6. The van der Waals surface area contributed by atoms with E-state index in [0.717, 1.165) is 31.2 Å². The van der Waals surface area contributed by atoms with Crippen LogP contribution in [0, 0.1) is 0 Å². The van der Waals surface area contributed by atoms with E-state index >= 15 is 0 Å². The first-order valence-corrected chi connectivity index (χ1v) is 5.43. The van der Waals surface area contributed by atoms with Gasteiger partial charge in [0.25, 0.3) is 0 Å². The maximum Gasteiger partial charge on any atom is 0.136 e. The molecule has 0 atom stereocenters. The van der Waals surface area contributed by atoms with E-state index in [-0.39, 0.29) is 5.41 Å². The molecule has 0 spiro atoms. The summed E-state index contributed by atoms with van der Waals surface area (Å²) < 4.78 is 14.5. The van der Waals surface area contributed by atoms with Crippen molar-refractivity contribution in [2.75, 3.05) is 0 Å². The standard InChI is InChI=1S/C13H15F/c1-12-6-8-13(14,9-7-12)11-5-3-2-4-10(11)12/h2-5H,6-9H2,1H3. The van der Waals surface area contributed by atoms with E-state index in [1.807, 2.05) is 18.2 Å². The summed E-state index contributed by atoms with van der Waals surface area (Å²) in [6, 6.07) is 8.09. The van der Waals surface area contributed by atoms with Gasteiger partial charge in [0.15, 0.2) is 0 Å². The lowest BCUT2D eigenvalue weighted by Gasteiger charge is -2.49. The lowest BCUT2D eigenvalue weighted by Crippen LogP contribution is -2.43. The molecule has 4 rings (SSSR count). The minimum Gasteiger partial charge on any atom is -0.239 e. The van der Waals surface area contributed by atoms with E-state index in [1.165, 1.54) is 5.56 Å². The van der Waals surface area contributed by atoms with E-state index < -0.39 is 5.67 Å². The summed E-state index contributed by atoms with van der Waals surface area (Å²) >= 11 is 0. The van der Waals surface area contributed by atoms with Crippen LogP contribution in [-0.2, 0) is 11.1 Å². The summed E-state index contributed by atoms with van der Waals surface area (Å²) in [5.41, 5.74) is 1.48. The van der Waals surface area contributed by atoms with Crippen molar-refractivity contribution >= 4 is 0 Å². The second-order valence-corrected chi connectivity index (χ2v) is 5.07.